The zero-order valence-corrected chi connectivity index (χ0v) is 10.3. The third-order valence-corrected chi connectivity index (χ3v) is 3.17. The minimum absolute atomic E-state index is 0.528. The second kappa shape index (κ2) is 4.25. The Morgan fingerprint density at radius 2 is 2.33 bits per heavy atom. The van der Waals surface area contributed by atoms with Crippen molar-refractivity contribution < 1.29 is 4.74 Å². The number of anilines is 2. The van der Waals surface area contributed by atoms with Crippen LogP contribution in [0.25, 0.3) is 0 Å². The fourth-order valence-corrected chi connectivity index (χ4v) is 2.22. The van der Waals surface area contributed by atoms with E-state index in [1.54, 1.807) is 0 Å². The summed E-state index contributed by atoms with van der Waals surface area (Å²) in [4.78, 5) is 2.16. The van der Waals surface area contributed by atoms with Crippen molar-refractivity contribution in [2.45, 2.75) is 13.0 Å². The van der Waals surface area contributed by atoms with E-state index < -0.39 is 0 Å². The van der Waals surface area contributed by atoms with Crippen LogP contribution in [0.3, 0.4) is 0 Å². The summed E-state index contributed by atoms with van der Waals surface area (Å²) < 4.78 is 5.50. The molecule has 0 bridgehead atoms. The van der Waals surface area contributed by atoms with E-state index >= 15 is 0 Å². The minimum Gasteiger partial charge on any atom is -0.493 e. The zero-order valence-electron chi connectivity index (χ0n) is 10.3. The van der Waals surface area contributed by atoms with Crippen LogP contribution in [-0.2, 0) is 13.0 Å². The zero-order chi connectivity index (χ0) is 12.5. The lowest BCUT2D eigenvalue weighted by molar-refractivity contribution is 0.357. The molecule has 0 amide bonds. The first-order valence-corrected chi connectivity index (χ1v) is 5.99. The second-order valence-corrected chi connectivity index (χ2v) is 4.56. The van der Waals surface area contributed by atoms with Gasteiger partial charge in [0.25, 0.3) is 0 Å². The van der Waals surface area contributed by atoms with Crippen LogP contribution < -0.4 is 15.4 Å². The number of hydrogen-bond acceptors (Lipinski definition) is 4. The fourth-order valence-electron chi connectivity index (χ4n) is 2.22. The monoisotopic (exact) mass is 244 g/mol. The number of nitrogen functional groups attached to an aromatic ring is 1. The van der Waals surface area contributed by atoms with Gasteiger partial charge in [0, 0.05) is 25.2 Å². The maximum absolute atomic E-state index is 5.59. The molecule has 0 saturated carbocycles. The summed E-state index contributed by atoms with van der Waals surface area (Å²) in [7, 11) is 2.05. The molecule has 5 nitrogen and oxygen atoms in total. The highest BCUT2D eigenvalue weighted by Crippen LogP contribution is 2.29. The smallest absolute Gasteiger partial charge is 0.145 e. The molecule has 3 N–H and O–H groups in total. The summed E-state index contributed by atoms with van der Waals surface area (Å²) in [6.45, 7) is 1.55. The van der Waals surface area contributed by atoms with Crippen LogP contribution in [-0.4, -0.2) is 23.9 Å². The molecule has 2 heterocycles. The molecule has 5 heteroatoms. The largest absolute Gasteiger partial charge is 0.493 e. The number of nitrogens with two attached hydrogens (primary N) is 1. The number of hydrogen-bond donors (Lipinski definition) is 2. The number of nitrogens with one attached hydrogen (secondary N) is 1. The number of ether oxygens (including phenoxy) is 1. The van der Waals surface area contributed by atoms with Crippen LogP contribution in [0.5, 0.6) is 5.75 Å². The van der Waals surface area contributed by atoms with Crippen LogP contribution in [0.2, 0.25) is 0 Å². The van der Waals surface area contributed by atoms with Gasteiger partial charge in [-0.05, 0) is 23.8 Å². The van der Waals surface area contributed by atoms with Crippen LogP contribution >= 0.6 is 0 Å². The van der Waals surface area contributed by atoms with Gasteiger partial charge in [-0.3, -0.25) is 5.10 Å². The Morgan fingerprint density at radius 3 is 3.11 bits per heavy atom. The molecule has 18 heavy (non-hydrogen) atoms. The van der Waals surface area contributed by atoms with Crippen molar-refractivity contribution in [1.82, 2.24) is 10.2 Å². The van der Waals surface area contributed by atoms with Gasteiger partial charge < -0.3 is 15.4 Å². The number of H-pyrrole nitrogens is 1. The lowest BCUT2D eigenvalue weighted by Gasteiger charge is -2.18. The third kappa shape index (κ3) is 1.99. The lowest BCUT2D eigenvalue weighted by atomic mass is 10.1. The van der Waals surface area contributed by atoms with E-state index in [9.17, 15) is 0 Å². The van der Waals surface area contributed by atoms with Crippen LogP contribution in [0.15, 0.2) is 24.3 Å². The molecule has 0 saturated heterocycles. The van der Waals surface area contributed by atoms with E-state index in [1.165, 1.54) is 11.3 Å². The molecule has 1 aromatic heterocycles. The normalized spacial score (nSPS) is 13.2. The van der Waals surface area contributed by atoms with Gasteiger partial charge >= 0.3 is 0 Å². The van der Waals surface area contributed by atoms with Gasteiger partial charge in [-0.15, -0.1) is 0 Å². The van der Waals surface area contributed by atoms with Gasteiger partial charge in [0.2, 0.25) is 0 Å². The van der Waals surface area contributed by atoms with Gasteiger partial charge in [0.15, 0.2) is 0 Å². The summed E-state index contributed by atoms with van der Waals surface area (Å²) in [6.07, 6.45) is 0.994. The number of nitrogens with zero attached hydrogens (tertiary/aromatic N) is 2. The van der Waals surface area contributed by atoms with Gasteiger partial charge in [-0.2, -0.15) is 5.10 Å². The molecule has 2 aromatic rings. The summed E-state index contributed by atoms with van der Waals surface area (Å²) in [5.41, 5.74) is 9.05. The average molecular weight is 244 g/mol. The topological polar surface area (TPSA) is 67.2 Å². The molecule has 0 fully saturated rings. The lowest BCUT2D eigenvalue weighted by Crippen LogP contribution is -2.16. The molecule has 0 aliphatic carbocycles. The molecule has 0 spiro atoms. The summed E-state index contributed by atoms with van der Waals surface area (Å²) >= 11 is 0. The molecule has 1 aliphatic rings. The quantitative estimate of drug-likeness (QED) is 0.860. The molecule has 3 rings (SSSR count). The highest BCUT2D eigenvalue weighted by atomic mass is 16.5. The number of aromatic amines is 1. The van der Waals surface area contributed by atoms with Gasteiger partial charge in [0.1, 0.15) is 11.6 Å². The summed E-state index contributed by atoms with van der Waals surface area (Å²) in [5.74, 6) is 1.54. The Kier molecular flexibility index (Phi) is 2.59. The van der Waals surface area contributed by atoms with E-state index in [0.29, 0.717) is 5.82 Å². The van der Waals surface area contributed by atoms with Crippen LogP contribution in [0.1, 0.15) is 11.3 Å². The van der Waals surface area contributed by atoms with Crippen molar-refractivity contribution in [3.63, 3.8) is 0 Å². The highest BCUT2D eigenvalue weighted by Gasteiger charge is 2.13. The fraction of sp³-hybridized carbons (Fsp3) is 0.308. The molecule has 1 aromatic carbocycles. The molecular formula is C13H16N4O. The molecule has 0 unspecified atom stereocenters. The Balaban J connectivity index is 1.78. The maximum Gasteiger partial charge on any atom is 0.145 e. The van der Waals surface area contributed by atoms with Gasteiger partial charge in [0.05, 0.1) is 18.8 Å². The Bertz CT molecular complexity index is 564. The third-order valence-electron chi connectivity index (χ3n) is 3.17. The van der Waals surface area contributed by atoms with Gasteiger partial charge in [-0.1, -0.05) is 0 Å². The molecular weight excluding hydrogens is 228 g/mol. The predicted octanol–water partition coefficient (Wildman–Crippen LogP) is 1.56. The SMILES string of the molecule is CN(Cc1cc(N)n[nH]1)c1ccc2c(c1)CCO2. The first kappa shape index (κ1) is 11.0. The molecule has 0 atom stereocenters. The van der Waals surface area contributed by atoms with Crippen LogP contribution in [0.4, 0.5) is 11.5 Å². The molecule has 0 radical (unpaired) electrons. The Morgan fingerprint density at radius 1 is 1.44 bits per heavy atom. The summed E-state index contributed by atoms with van der Waals surface area (Å²) in [5, 5.41) is 6.84. The first-order chi connectivity index (χ1) is 8.72. The average Bonchev–Trinajstić information content (AvgIpc) is 2.96. The maximum atomic E-state index is 5.59. The Hall–Kier alpha value is -2.17. The van der Waals surface area contributed by atoms with Crippen molar-refractivity contribution in [3.8, 4) is 5.75 Å². The number of fused-ring (bicyclic) bond motifs is 1. The number of benzene rings is 1. The predicted molar refractivity (Wildman–Crippen MR) is 70.7 cm³/mol. The van der Waals surface area contributed by atoms with Crippen molar-refractivity contribution in [3.05, 3.63) is 35.5 Å². The van der Waals surface area contributed by atoms with E-state index in [1.807, 2.05) is 12.1 Å². The Labute approximate surface area is 106 Å². The second-order valence-electron chi connectivity index (χ2n) is 4.56. The van der Waals surface area contributed by atoms with Crippen molar-refractivity contribution in [2.75, 3.05) is 24.3 Å². The van der Waals surface area contributed by atoms with E-state index in [4.69, 9.17) is 10.5 Å². The van der Waals surface area contributed by atoms with Crippen molar-refractivity contribution in [1.29, 1.82) is 0 Å². The van der Waals surface area contributed by atoms with Gasteiger partial charge in [-0.25, -0.2) is 0 Å². The van der Waals surface area contributed by atoms with Crippen LogP contribution in [0, 0.1) is 0 Å². The van der Waals surface area contributed by atoms with Crippen molar-refractivity contribution in [2.24, 2.45) is 0 Å². The number of rotatable bonds is 3. The number of aromatic nitrogens is 2. The van der Waals surface area contributed by atoms with E-state index in [0.717, 1.165) is 31.0 Å². The standard InChI is InChI=1S/C13H16N4O/c1-17(8-10-7-13(14)16-15-10)11-2-3-12-9(6-11)4-5-18-12/h2-3,6-7H,4-5,8H2,1H3,(H3,14,15,16). The summed E-state index contributed by atoms with van der Waals surface area (Å²) in [6, 6.07) is 8.15. The first-order valence-electron chi connectivity index (χ1n) is 5.99. The highest BCUT2D eigenvalue weighted by molar-refractivity contribution is 5.54. The van der Waals surface area contributed by atoms with E-state index in [-0.39, 0.29) is 0 Å². The minimum atomic E-state index is 0.528. The molecule has 1 aliphatic heterocycles. The molecule has 94 valence electrons. The van der Waals surface area contributed by atoms with Crippen molar-refractivity contribution >= 4 is 11.5 Å². The van der Waals surface area contributed by atoms with E-state index in [2.05, 4.69) is 34.3 Å².